The van der Waals surface area contributed by atoms with Gasteiger partial charge in [-0.1, -0.05) is 44.2 Å². The highest BCUT2D eigenvalue weighted by molar-refractivity contribution is 8.01. The Balaban J connectivity index is 2.11. The minimum absolute atomic E-state index is 0.0306. The molecule has 0 radical (unpaired) electrons. The summed E-state index contributed by atoms with van der Waals surface area (Å²) in [5.74, 6) is 0.620. The van der Waals surface area contributed by atoms with Gasteiger partial charge in [-0.05, 0) is 48.6 Å². The summed E-state index contributed by atoms with van der Waals surface area (Å²) in [5, 5.41) is 10.1. The highest BCUT2D eigenvalue weighted by atomic mass is 32.2. The smallest absolute Gasteiger partial charge is 0.241 e. The number of amides is 1. The van der Waals surface area contributed by atoms with Crippen molar-refractivity contribution >= 4 is 23.4 Å². The average Bonchev–Trinajstić information content (AvgIpc) is 2.84. The first-order valence-corrected chi connectivity index (χ1v) is 9.21. The van der Waals surface area contributed by atoms with Crippen molar-refractivity contribution in [1.82, 2.24) is 0 Å². The van der Waals surface area contributed by atoms with Gasteiger partial charge in [0.25, 0.3) is 0 Å². The minimum Gasteiger partial charge on any atom is -0.508 e. The molecule has 1 heterocycles. The molecule has 3 rings (SSSR count). The first kappa shape index (κ1) is 16.9. The first-order chi connectivity index (χ1) is 11.4. The Morgan fingerprint density at radius 1 is 1.17 bits per heavy atom. The van der Waals surface area contributed by atoms with Crippen LogP contribution in [-0.2, 0) is 4.79 Å². The van der Waals surface area contributed by atoms with Gasteiger partial charge in [-0.2, -0.15) is 0 Å². The molecule has 3 nitrogen and oxygen atoms in total. The Kier molecular flexibility index (Phi) is 4.59. The second kappa shape index (κ2) is 6.52. The SMILES string of the molecule is Cc1cc(O)c(C(C)C)cc1N1C(=O)C(C)SC1c1ccccc1. The summed E-state index contributed by atoms with van der Waals surface area (Å²) in [6.45, 7) is 8.00. The fourth-order valence-electron chi connectivity index (χ4n) is 3.13. The van der Waals surface area contributed by atoms with Crippen LogP contribution >= 0.6 is 11.8 Å². The van der Waals surface area contributed by atoms with Gasteiger partial charge in [-0.25, -0.2) is 0 Å². The summed E-state index contributed by atoms with van der Waals surface area (Å²) in [6.07, 6.45) is 0. The molecule has 2 aromatic carbocycles. The maximum Gasteiger partial charge on any atom is 0.241 e. The van der Waals surface area contributed by atoms with Crippen molar-refractivity contribution in [2.24, 2.45) is 0 Å². The molecule has 2 unspecified atom stereocenters. The van der Waals surface area contributed by atoms with Gasteiger partial charge in [0.2, 0.25) is 5.91 Å². The van der Waals surface area contributed by atoms with Gasteiger partial charge in [0.05, 0.1) is 5.25 Å². The predicted molar refractivity (Wildman–Crippen MR) is 101 cm³/mol. The number of phenolic OH excluding ortho intramolecular Hbond substituents is 1. The third-order valence-corrected chi connectivity index (χ3v) is 5.81. The molecule has 1 aliphatic heterocycles. The zero-order valence-corrected chi connectivity index (χ0v) is 15.3. The molecule has 1 aliphatic rings. The zero-order chi connectivity index (χ0) is 17.4. The minimum atomic E-state index is -0.0779. The normalized spacial score (nSPS) is 20.9. The van der Waals surface area contributed by atoms with Crippen molar-refractivity contribution in [1.29, 1.82) is 0 Å². The van der Waals surface area contributed by atoms with Crippen LogP contribution in [0.4, 0.5) is 5.69 Å². The molecule has 0 saturated carbocycles. The molecule has 0 spiro atoms. The van der Waals surface area contributed by atoms with Crippen molar-refractivity contribution in [3.63, 3.8) is 0 Å². The van der Waals surface area contributed by atoms with E-state index < -0.39 is 0 Å². The number of benzene rings is 2. The van der Waals surface area contributed by atoms with Crippen molar-refractivity contribution in [3.8, 4) is 5.75 Å². The van der Waals surface area contributed by atoms with Crippen LogP contribution in [0.2, 0.25) is 0 Å². The molecule has 1 N–H and O–H groups in total. The number of aryl methyl sites for hydroxylation is 1. The van der Waals surface area contributed by atoms with Gasteiger partial charge in [-0.3, -0.25) is 9.69 Å². The van der Waals surface area contributed by atoms with E-state index in [9.17, 15) is 9.90 Å². The molecule has 126 valence electrons. The summed E-state index contributed by atoms with van der Waals surface area (Å²) in [4.78, 5) is 14.7. The standard InChI is InChI=1S/C20H23NO2S/c1-12(2)16-11-17(13(3)10-18(16)22)21-19(23)14(4)24-20(21)15-8-6-5-7-9-15/h5-12,14,20,22H,1-4H3. The molecule has 1 fully saturated rings. The van der Waals surface area contributed by atoms with Gasteiger partial charge in [0.15, 0.2) is 0 Å². The van der Waals surface area contributed by atoms with E-state index in [-0.39, 0.29) is 22.4 Å². The van der Waals surface area contributed by atoms with E-state index in [1.807, 2.05) is 56.9 Å². The number of rotatable bonds is 3. The maximum absolute atomic E-state index is 12.9. The van der Waals surface area contributed by atoms with Crippen LogP contribution in [0.25, 0.3) is 0 Å². The molecular weight excluding hydrogens is 318 g/mol. The number of carbonyl (C=O) groups is 1. The monoisotopic (exact) mass is 341 g/mol. The Morgan fingerprint density at radius 2 is 1.83 bits per heavy atom. The van der Waals surface area contributed by atoms with Crippen LogP contribution in [0.1, 0.15) is 48.8 Å². The number of thioether (sulfide) groups is 1. The third kappa shape index (κ3) is 2.91. The van der Waals surface area contributed by atoms with E-state index in [1.54, 1.807) is 17.8 Å². The zero-order valence-electron chi connectivity index (χ0n) is 14.5. The summed E-state index contributed by atoms with van der Waals surface area (Å²) < 4.78 is 0. The van der Waals surface area contributed by atoms with Gasteiger partial charge in [-0.15, -0.1) is 11.8 Å². The number of nitrogens with zero attached hydrogens (tertiary/aromatic N) is 1. The molecule has 2 aromatic rings. The lowest BCUT2D eigenvalue weighted by Gasteiger charge is -2.27. The molecule has 1 saturated heterocycles. The number of phenols is 1. The van der Waals surface area contributed by atoms with E-state index >= 15 is 0 Å². The molecule has 0 aliphatic carbocycles. The van der Waals surface area contributed by atoms with Crippen LogP contribution in [0.3, 0.4) is 0 Å². The van der Waals surface area contributed by atoms with Crippen LogP contribution in [0.5, 0.6) is 5.75 Å². The van der Waals surface area contributed by atoms with E-state index in [0.29, 0.717) is 5.75 Å². The lowest BCUT2D eigenvalue weighted by Crippen LogP contribution is -2.30. The van der Waals surface area contributed by atoms with Crippen molar-refractivity contribution in [3.05, 3.63) is 59.2 Å². The number of aromatic hydroxyl groups is 1. The Morgan fingerprint density at radius 3 is 2.46 bits per heavy atom. The largest absolute Gasteiger partial charge is 0.508 e. The summed E-state index contributed by atoms with van der Waals surface area (Å²) >= 11 is 1.67. The molecule has 2 atom stereocenters. The Bertz CT molecular complexity index is 758. The summed E-state index contributed by atoms with van der Waals surface area (Å²) in [5.41, 5.74) is 3.81. The predicted octanol–water partition coefficient (Wildman–Crippen LogP) is 4.99. The molecular formula is C20H23NO2S. The Hall–Kier alpha value is -1.94. The van der Waals surface area contributed by atoms with E-state index in [1.165, 1.54) is 0 Å². The molecule has 1 amide bonds. The fourth-order valence-corrected chi connectivity index (χ4v) is 4.40. The maximum atomic E-state index is 12.9. The van der Waals surface area contributed by atoms with Gasteiger partial charge >= 0.3 is 0 Å². The highest BCUT2D eigenvalue weighted by Gasteiger charge is 2.40. The average molecular weight is 341 g/mol. The summed E-state index contributed by atoms with van der Waals surface area (Å²) in [7, 11) is 0. The van der Waals surface area contributed by atoms with Crippen LogP contribution in [-0.4, -0.2) is 16.3 Å². The summed E-state index contributed by atoms with van der Waals surface area (Å²) in [6, 6.07) is 13.9. The second-order valence-corrected chi connectivity index (χ2v) is 8.03. The van der Waals surface area contributed by atoms with E-state index in [4.69, 9.17) is 0 Å². The van der Waals surface area contributed by atoms with Crippen LogP contribution in [0.15, 0.2) is 42.5 Å². The number of hydrogen-bond donors (Lipinski definition) is 1. The van der Waals surface area contributed by atoms with Gasteiger partial charge in [0, 0.05) is 5.69 Å². The topological polar surface area (TPSA) is 40.5 Å². The number of carbonyl (C=O) groups excluding carboxylic acids is 1. The number of hydrogen-bond acceptors (Lipinski definition) is 3. The highest BCUT2D eigenvalue weighted by Crippen LogP contribution is 2.47. The number of anilines is 1. The third-order valence-electron chi connectivity index (χ3n) is 4.46. The van der Waals surface area contributed by atoms with Gasteiger partial charge in [0.1, 0.15) is 11.1 Å². The van der Waals surface area contributed by atoms with Crippen molar-refractivity contribution in [2.75, 3.05) is 4.90 Å². The van der Waals surface area contributed by atoms with E-state index in [0.717, 1.165) is 22.4 Å². The second-order valence-electron chi connectivity index (χ2n) is 6.60. The van der Waals surface area contributed by atoms with Gasteiger partial charge < -0.3 is 5.11 Å². The molecule has 4 heteroatoms. The van der Waals surface area contributed by atoms with Crippen molar-refractivity contribution in [2.45, 2.75) is 44.2 Å². The van der Waals surface area contributed by atoms with Crippen LogP contribution in [0, 0.1) is 6.92 Å². The quantitative estimate of drug-likeness (QED) is 0.855. The molecule has 0 aromatic heterocycles. The van der Waals surface area contributed by atoms with E-state index in [2.05, 4.69) is 12.1 Å². The molecule has 0 bridgehead atoms. The lowest BCUT2D eigenvalue weighted by atomic mass is 9.98. The Labute approximate surface area is 147 Å². The molecule has 24 heavy (non-hydrogen) atoms. The first-order valence-electron chi connectivity index (χ1n) is 8.27. The van der Waals surface area contributed by atoms with Crippen molar-refractivity contribution < 1.29 is 9.90 Å². The fraction of sp³-hybridized carbons (Fsp3) is 0.350. The lowest BCUT2D eigenvalue weighted by molar-refractivity contribution is -0.117. The van der Waals surface area contributed by atoms with Crippen LogP contribution < -0.4 is 4.90 Å².